The van der Waals surface area contributed by atoms with E-state index in [4.69, 9.17) is 4.99 Å². The van der Waals surface area contributed by atoms with E-state index in [2.05, 4.69) is 34.8 Å². The third kappa shape index (κ3) is 3.78. The van der Waals surface area contributed by atoms with Crippen LogP contribution in [0, 0.1) is 0 Å². The van der Waals surface area contributed by atoms with E-state index in [1.807, 2.05) is 0 Å². The van der Waals surface area contributed by atoms with Crippen molar-refractivity contribution in [3.8, 4) is 0 Å². The van der Waals surface area contributed by atoms with Gasteiger partial charge in [-0.3, -0.25) is 14.3 Å². The second-order valence-electron chi connectivity index (χ2n) is 7.52. The molecule has 3 rings (SSSR count). The minimum Gasteiger partial charge on any atom is -0.314 e. The second-order valence-corrected chi connectivity index (χ2v) is 9.67. The molecule has 3 fully saturated rings. The van der Waals surface area contributed by atoms with Crippen LogP contribution in [0.25, 0.3) is 0 Å². The molecule has 3 heterocycles. The van der Waals surface area contributed by atoms with Crippen LogP contribution in [-0.2, 0) is 0 Å². The Morgan fingerprint density at radius 1 is 0.810 bits per heavy atom. The molecule has 0 aromatic rings. The average Bonchev–Trinajstić information content (AvgIpc) is 3.12. The maximum absolute atomic E-state index is 5.06. The summed E-state index contributed by atoms with van der Waals surface area (Å²) in [4.78, 5) is 5.06. The molecule has 3 saturated heterocycles. The molecule has 3 aliphatic rings. The fraction of sp³-hybridized carbons (Fsp3) is 0.938. The highest BCUT2D eigenvalue weighted by atomic mass is 31.2. The van der Waals surface area contributed by atoms with Crippen LogP contribution in [0.2, 0.25) is 0 Å². The average molecular weight is 310 g/mol. The van der Waals surface area contributed by atoms with E-state index in [1.54, 1.807) is 0 Å². The molecule has 0 amide bonds. The normalized spacial score (nSPS) is 27.6. The van der Waals surface area contributed by atoms with Gasteiger partial charge in [0.05, 0.1) is 5.54 Å². The highest BCUT2D eigenvalue weighted by Gasteiger charge is 2.38. The van der Waals surface area contributed by atoms with E-state index in [0.29, 0.717) is 0 Å². The van der Waals surface area contributed by atoms with Crippen LogP contribution in [0.1, 0.15) is 59.3 Å². The second kappa shape index (κ2) is 6.52. The molecule has 0 spiro atoms. The summed E-state index contributed by atoms with van der Waals surface area (Å²) < 4.78 is 8.23. The largest absolute Gasteiger partial charge is 0.314 e. The first-order valence-corrected chi connectivity index (χ1v) is 9.91. The summed E-state index contributed by atoms with van der Waals surface area (Å²) in [5.41, 5.74) is 0.0505. The van der Waals surface area contributed by atoms with Gasteiger partial charge in [0.25, 0.3) is 0 Å². The molecule has 0 atom stereocenters. The SMILES string of the molecule is CC(C)(C)N=C1CCCN1P(N1CCCC1)N1CCCC1. The van der Waals surface area contributed by atoms with Crippen LogP contribution < -0.4 is 0 Å². The minimum absolute atomic E-state index is 0.0505. The maximum atomic E-state index is 5.06. The Morgan fingerprint density at radius 3 is 1.81 bits per heavy atom. The van der Waals surface area contributed by atoms with Crippen LogP contribution in [0.5, 0.6) is 0 Å². The van der Waals surface area contributed by atoms with E-state index in [-0.39, 0.29) is 13.9 Å². The van der Waals surface area contributed by atoms with Crippen molar-refractivity contribution in [3.05, 3.63) is 0 Å². The van der Waals surface area contributed by atoms with Crippen molar-refractivity contribution in [3.63, 3.8) is 0 Å². The van der Waals surface area contributed by atoms with Gasteiger partial charge in [0.2, 0.25) is 0 Å². The van der Waals surface area contributed by atoms with Crippen molar-refractivity contribution in [2.45, 2.75) is 64.8 Å². The van der Waals surface area contributed by atoms with Gasteiger partial charge >= 0.3 is 0 Å². The van der Waals surface area contributed by atoms with Gasteiger partial charge in [-0.05, 0) is 52.9 Å². The Balaban J connectivity index is 1.82. The fourth-order valence-corrected chi connectivity index (χ4v) is 6.50. The Bertz CT molecular complexity index is 362. The van der Waals surface area contributed by atoms with Gasteiger partial charge in [0.15, 0.2) is 0 Å². The number of rotatable bonds is 3. The predicted molar refractivity (Wildman–Crippen MR) is 91.7 cm³/mol. The van der Waals surface area contributed by atoms with Crippen molar-refractivity contribution in [2.24, 2.45) is 4.99 Å². The van der Waals surface area contributed by atoms with Crippen LogP contribution in [-0.4, -0.2) is 58.1 Å². The monoisotopic (exact) mass is 310 g/mol. The first-order chi connectivity index (χ1) is 10.0. The zero-order valence-corrected chi connectivity index (χ0v) is 14.9. The van der Waals surface area contributed by atoms with Gasteiger partial charge in [-0.15, -0.1) is 0 Å². The number of aliphatic imine (C=N–C) groups is 1. The maximum Gasteiger partial charge on any atom is 0.150 e. The number of amidine groups is 1. The first-order valence-electron chi connectivity index (χ1n) is 8.71. The topological polar surface area (TPSA) is 22.1 Å². The Kier molecular flexibility index (Phi) is 4.87. The quantitative estimate of drug-likeness (QED) is 0.742. The summed E-state index contributed by atoms with van der Waals surface area (Å²) in [6, 6.07) is 0. The van der Waals surface area contributed by atoms with Gasteiger partial charge in [0.1, 0.15) is 14.2 Å². The third-order valence-electron chi connectivity index (χ3n) is 4.42. The van der Waals surface area contributed by atoms with Crippen LogP contribution in [0.15, 0.2) is 4.99 Å². The molecule has 0 N–H and O–H groups in total. The Morgan fingerprint density at radius 2 is 1.33 bits per heavy atom. The molecule has 0 aromatic carbocycles. The Hall–Kier alpha value is -0.180. The number of nitrogens with zero attached hydrogens (tertiary/aromatic N) is 4. The lowest BCUT2D eigenvalue weighted by molar-refractivity contribution is 0.429. The van der Waals surface area contributed by atoms with Gasteiger partial charge in [-0.1, -0.05) is 0 Å². The van der Waals surface area contributed by atoms with Crippen LogP contribution in [0.3, 0.4) is 0 Å². The fourth-order valence-electron chi connectivity index (χ4n) is 3.58. The molecule has 0 bridgehead atoms. The standard InChI is InChI=1S/C16H31N4P/c1-16(2,3)17-15-9-8-14-20(15)21(18-10-4-5-11-18)19-12-6-7-13-19/h4-14H2,1-3H3. The third-order valence-corrected chi connectivity index (χ3v) is 7.09. The molecule has 120 valence electrons. The molecule has 0 aliphatic carbocycles. The summed E-state index contributed by atoms with van der Waals surface area (Å²) in [5, 5.41) is 0. The van der Waals surface area contributed by atoms with E-state index in [1.165, 1.54) is 77.1 Å². The molecular formula is C16H31N4P. The zero-order chi connectivity index (χ0) is 14.9. The summed E-state index contributed by atoms with van der Waals surface area (Å²) >= 11 is 0. The van der Waals surface area contributed by atoms with Gasteiger partial charge < -0.3 is 4.67 Å². The highest BCUT2D eigenvalue weighted by Crippen LogP contribution is 2.53. The molecule has 21 heavy (non-hydrogen) atoms. The zero-order valence-electron chi connectivity index (χ0n) is 14.0. The number of hydrogen-bond donors (Lipinski definition) is 0. The van der Waals surface area contributed by atoms with Crippen LogP contribution >= 0.6 is 8.37 Å². The summed E-state index contributed by atoms with van der Waals surface area (Å²) in [6.45, 7) is 13.1. The summed E-state index contributed by atoms with van der Waals surface area (Å²) in [7, 11) is -0.287. The molecule has 4 nitrogen and oxygen atoms in total. The van der Waals surface area contributed by atoms with Crippen molar-refractivity contribution in [1.82, 2.24) is 14.0 Å². The molecular weight excluding hydrogens is 279 g/mol. The lowest BCUT2D eigenvalue weighted by Crippen LogP contribution is -2.37. The van der Waals surface area contributed by atoms with Gasteiger partial charge in [-0.2, -0.15) is 0 Å². The molecule has 0 radical (unpaired) electrons. The number of hydrogen-bond acceptors (Lipinski definition) is 3. The van der Waals surface area contributed by atoms with E-state index in [0.717, 1.165) is 0 Å². The van der Waals surface area contributed by atoms with Crippen molar-refractivity contribution >= 4 is 14.2 Å². The van der Waals surface area contributed by atoms with E-state index in [9.17, 15) is 0 Å². The molecule has 5 heteroatoms. The van der Waals surface area contributed by atoms with Gasteiger partial charge in [-0.25, -0.2) is 0 Å². The molecule has 3 aliphatic heterocycles. The van der Waals surface area contributed by atoms with Crippen molar-refractivity contribution in [1.29, 1.82) is 0 Å². The lowest BCUT2D eigenvalue weighted by atomic mass is 10.1. The van der Waals surface area contributed by atoms with E-state index >= 15 is 0 Å². The van der Waals surface area contributed by atoms with Crippen molar-refractivity contribution < 1.29 is 0 Å². The summed E-state index contributed by atoms with van der Waals surface area (Å²) in [5.74, 6) is 1.38. The molecule has 0 saturated carbocycles. The minimum atomic E-state index is -0.287. The lowest BCUT2D eigenvalue weighted by Gasteiger charge is -2.41. The van der Waals surface area contributed by atoms with Crippen LogP contribution in [0.4, 0.5) is 0 Å². The molecule has 0 aromatic heterocycles. The summed E-state index contributed by atoms with van der Waals surface area (Å²) in [6.07, 6.45) is 7.99. The van der Waals surface area contributed by atoms with Gasteiger partial charge in [0, 0.05) is 39.1 Å². The van der Waals surface area contributed by atoms with Crippen molar-refractivity contribution in [2.75, 3.05) is 32.7 Å². The smallest absolute Gasteiger partial charge is 0.150 e. The predicted octanol–water partition coefficient (Wildman–Crippen LogP) is 3.70. The Labute approximate surface area is 131 Å². The van der Waals surface area contributed by atoms with E-state index < -0.39 is 0 Å². The first kappa shape index (κ1) is 15.7. The highest BCUT2D eigenvalue weighted by molar-refractivity contribution is 7.51. The molecule has 0 unspecified atom stereocenters.